The Morgan fingerprint density at radius 3 is 2.90 bits per heavy atom. The summed E-state index contributed by atoms with van der Waals surface area (Å²) in [7, 11) is 1.68. The molecular weight excluding hydrogens is 352 g/mol. The van der Waals surface area contributed by atoms with Gasteiger partial charge in [-0.1, -0.05) is 0 Å². The summed E-state index contributed by atoms with van der Waals surface area (Å²) in [6.45, 7) is 2.14. The fourth-order valence-corrected chi connectivity index (χ4v) is 4.44. The first kappa shape index (κ1) is 13.6. The molecule has 0 amide bonds. The highest BCUT2D eigenvalue weighted by atomic mass is 79.9. The fraction of sp³-hybridized carbons (Fsp3) is 0.533. The van der Waals surface area contributed by atoms with E-state index in [0.29, 0.717) is 6.04 Å². The number of fused-ring (bicyclic) bond motifs is 4. The molecule has 4 rings (SSSR count). The zero-order valence-corrected chi connectivity index (χ0v) is 14.4. The van der Waals surface area contributed by atoms with E-state index in [0.717, 1.165) is 33.1 Å². The van der Waals surface area contributed by atoms with Crippen molar-refractivity contribution in [2.75, 3.05) is 7.11 Å². The first-order valence-electron chi connectivity index (χ1n) is 7.18. The molecule has 3 aliphatic rings. The van der Waals surface area contributed by atoms with Crippen LogP contribution in [0.4, 0.5) is 0 Å². The topological polar surface area (TPSA) is 33.7 Å². The molecule has 0 aromatic heterocycles. The van der Waals surface area contributed by atoms with Crippen molar-refractivity contribution in [1.82, 2.24) is 10.2 Å². The Morgan fingerprint density at radius 1 is 1.48 bits per heavy atom. The van der Waals surface area contributed by atoms with Gasteiger partial charge >= 0.3 is 0 Å². The number of hydrogen-bond donors (Lipinski definition) is 1. The van der Waals surface area contributed by atoms with E-state index in [1.807, 2.05) is 12.1 Å². The van der Waals surface area contributed by atoms with E-state index in [2.05, 4.69) is 33.1 Å². The van der Waals surface area contributed by atoms with Gasteiger partial charge in [0.25, 0.3) is 0 Å². The summed E-state index contributed by atoms with van der Waals surface area (Å²) < 4.78 is 12.7. The van der Waals surface area contributed by atoms with E-state index in [9.17, 15) is 0 Å². The Labute approximate surface area is 137 Å². The molecule has 2 unspecified atom stereocenters. The normalized spacial score (nSPS) is 30.3. The lowest BCUT2D eigenvalue weighted by molar-refractivity contribution is -0.0727. The van der Waals surface area contributed by atoms with Crippen LogP contribution >= 0.6 is 28.1 Å². The van der Waals surface area contributed by atoms with Crippen LogP contribution in [-0.2, 0) is 0 Å². The number of nitrogens with one attached hydrogen (secondary N) is 1. The van der Waals surface area contributed by atoms with Crippen molar-refractivity contribution in [2.24, 2.45) is 0 Å². The van der Waals surface area contributed by atoms with Gasteiger partial charge in [-0.05, 0) is 60.0 Å². The Bertz CT molecular complexity index is 634. The van der Waals surface area contributed by atoms with Crippen molar-refractivity contribution in [3.8, 4) is 11.5 Å². The molecule has 2 fully saturated rings. The molecule has 1 aromatic carbocycles. The van der Waals surface area contributed by atoms with Crippen LogP contribution in [0, 0.1) is 0 Å². The lowest BCUT2D eigenvalue weighted by Gasteiger charge is -2.52. The zero-order chi connectivity index (χ0) is 14.8. The van der Waals surface area contributed by atoms with E-state index in [1.54, 1.807) is 7.11 Å². The monoisotopic (exact) mass is 368 g/mol. The van der Waals surface area contributed by atoms with E-state index < -0.39 is 0 Å². The van der Waals surface area contributed by atoms with Gasteiger partial charge in [0.1, 0.15) is 11.5 Å². The fourth-order valence-electron chi connectivity index (χ4n) is 3.42. The van der Waals surface area contributed by atoms with Crippen molar-refractivity contribution in [3.05, 3.63) is 22.2 Å². The number of ether oxygens (including phenoxy) is 2. The third kappa shape index (κ3) is 2.03. The molecule has 1 saturated heterocycles. The Kier molecular flexibility index (Phi) is 2.92. The molecule has 112 valence electrons. The molecule has 0 spiro atoms. The van der Waals surface area contributed by atoms with E-state index in [-0.39, 0.29) is 11.8 Å². The third-order valence-corrected chi connectivity index (χ3v) is 5.40. The van der Waals surface area contributed by atoms with Gasteiger partial charge in [0.15, 0.2) is 10.8 Å². The van der Waals surface area contributed by atoms with Gasteiger partial charge in [0, 0.05) is 18.0 Å². The number of nitrogens with zero attached hydrogens (tertiary/aromatic N) is 1. The van der Waals surface area contributed by atoms with Crippen LogP contribution in [-0.4, -0.2) is 28.9 Å². The van der Waals surface area contributed by atoms with Gasteiger partial charge in [-0.3, -0.25) is 0 Å². The second-order valence-electron chi connectivity index (χ2n) is 6.11. The van der Waals surface area contributed by atoms with Gasteiger partial charge in [-0.25, -0.2) is 0 Å². The summed E-state index contributed by atoms with van der Waals surface area (Å²) in [4.78, 5) is 2.25. The minimum Gasteiger partial charge on any atom is -0.497 e. The molecule has 0 radical (unpaired) electrons. The first-order valence-corrected chi connectivity index (χ1v) is 8.38. The summed E-state index contributed by atoms with van der Waals surface area (Å²) in [5.74, 6) is 1.72. The minimum absolute atomic E-state index is 0.174. The van der Waals surface area contributed by atoms with Crippen LogP contribution in [0.5, 0.6) is 11.5 Å². The SMILES string of the molecule is COc1cc(Br)c2c(c1)C1CC(C)(O2)N(C2CC2)C(=S)N1. The third-order valence-electron chi connectivity index (χ3n) is 4.50. The highest BCUT2D eigenvalue weighted by Crippen LogP contribution is 2.50. The maximum Gasteiger partial charge on any atom is 0.184 e. The van der Waals surface area contributed by atoms with Gasteiger partial charge in [0.2, 0.25) is 0 Å². The van der Waals surface area contributed by atoms with Crippen molar-refractivity contribution < 1.29 is 9.47 Å². The van der Waals surface area contributed by atoms with Crippen LogP contribution in [0.2, 0.25) is 0 Å². The number of thiocarbonyl (C=S) groups is 1. The molecular formula is C15H17BrN2O2S. The summed E-state index contributed by atoms with van der Waals surface area (Å²) in [6, 6.07) is 4.68. The van der Waals surface area contributed by atoms with Crippen LogP contribution in [0.3, 0.4) is 0 Å². The van der Waals surface area contributed by atoms with Gasteiger partial charge in [0.05, 0.1) is 17.6 Å². The second kappa shape index (κ2) is 4.49. The van der Waals surface area contributed by atoms with E-state index >= 15 is 0 Å². The molecule has 4 nitrogen and oxygen atoms in total. The number of rotatable bonds is 2. The number of halogens is 1. The van der Waals surface area contributed by atoms with Gasteiger partial charge in [-0.2, -0.15) is 0 Å². The molecule has 2 atom stereocenters. The standard InChI is InChI=1S/C15H17BrN2O2S/c1-15-7-12(17-14(21)18(15)8-3-4-8)10-5-9(19-2)6-11(16)13(10)20-15/h5-6,8,12H,3-4,7H2,1-2H3,(H,17,21). The Balaban J connectivity index is 1.81. The van der Waals surface area contributed by atoms with Crippen molar-refractivity contribution >= 4 is 33.3 Å². The summed E-state index contributed by atoms with van der Waals surface area (Å²) >= 11 is 9.19. The quantitative estimate of drug-likeness (QED) is 0.809. The molecule has 21 heavy (non-hydrogen) atoms. The highest BCUT2D eigenvalue weighted by molar-refractivity contribution is 9.10. The van der Waals surface area contributed by atoms with Crippen LogP contribution in [0.1, 0.15) is 37.8 Å². The molecule has 1 N–H and O–H groups in total. The summed E-state index contributed by atoms with van der Waals surface area (Å²) in [6.07, 6.45) is 3.28. The smallest absolute Gasteiger partial charge is 0.184 e. The maximum atomic E-state index is 6.40. The van der Waals surface area contributed by atoms with Crippen LogP contribution in [0.25, 0.3) is 0 Å². The van der Waals surface area contributed by atoms with Crippen molar-refractivity contribution in [2.45, 2.75) is 44.0 Å². The average Bonchev–Trinajstić information content (AvgIpc) is 3.23. The van der Waals surface area contributed by atoms with E-state index in [1.165, 1.54) is 12.8 Å². The predicted octanol–water partition coefficient (Wildman–Crippen LogP) is 3.35. The minimum atomic E-state index is -0.363. The maximum absolute atomic E-state index is 6.40. The molecule has 2 heterocycles. The van der Waals surface area contributed by atoms with Crippen LogP contribution < -0.4 is 14.8 Å². The Hall–Kier alpha value is -1.01. The molecule has 2 aliphatic heterocycles. The van der Waals surface area contributed by atoms with E-state index in [4.69, 9.17) is 21.7 Å². The number of hydrogen-bond acceptors (Lipinski definition) is 3. The van der Waals surface area contributed by atoms with Crippen molar-refractivity contribution in [1.29, 1.82) is 0 Å². The number of methoxy groups -OCH3 is 1. The molecule has 1 aromatic rings. The van der Waals surface area contributed by atoms with Gasteiger partial charge < -0.3 is 19.7 Å². The largest absolute Gasteiger partial charge is 0.497 e. The summed E-state index contributed by atoms with van der Waals surface area (Å²) in [5, 5.41) is 4.29. The predicted molar refractivity (Wildman–Crippen MR) is 87.7 cm³/mol. The first-order chi connectivity index (χ1) is 10.0. The van der Waals surface area contributed by atoms with Gasteiger partial charge in [-0.15, -0.1) is 0 Å². The lowest BCUT2D eigenvalue weighted by Crippen LogP contribution is -2.65. The molecule has 1 aliphatic carbocycles. The zero-order valence-electron chi connectivity index (χ0n) is 12.0. The van der Waals surface area contributed by atoms with Crippen molar-refractivity contribution in [3.63, 3.8) is 0 Å². The van der Waals surface area contributed by atoms with Crippen LogP contribution in [0.15, 0.2) is 16.6 Å². The highest BCUT2D eigenvalue weighted by Gasteiger charge is 2.52. The lowest BCUT2D eigenvalue weighted by atomic mass is 9.90. The Morgan fingerprint density at radius 2 is 2.24 bits per heavy atom. The summed E-state index contributed by atoms with van der Waals surface area (Å²) in [5.41, 5.74) is 0.745. The number of benzene rings is 1. The molecule has 1 saturated carbocycles. The average molecular weight is 369 g/mol. The molecule has 6 heteroatoms. The molecule has 2 bridgehead atoms. The second-order valence-corrected chi connectivity index (χ2v) is 7.35.